The number of hydrogen-bond donors (Lipinski definition) is 3. The van der Waals surface area contributed by atoms with Crippen molar-refractivity contribution in [1.82, 2.24) is 10.2 Å². The molecule has 8 heteroatoms. The summed E-state index contributed by atoms with van der Waals surface area (Å²) in [4.78, 5) is 36.8. The molecule has 0 aromatic heterocycles. The van der Waals surface area contributed by atoms with Crippen molar-refractivity contribution in [3.8, 4) is 0 Å². The lowest BCUT2D eigenvalue weighted by Gasteiger charge is -2.30. The molecule has 0 spiro atoms. The van der Waals surface area contributed by atoms with Crippen LogP contribution in [0.15, 0.2) is 22.7 Å². The van der Waals surface area contributed by atoms with E-state index in [4.69, 9.17) is 5.73 Å². The molecular weight excluding hydrogens is 376 g/mol. The Morgan fingerprint density at radius 3 is 2.79 bits per heavy atom. The number of hydrogen-bond acceptors (Lipinski definition) is 3. The third kappa shape index (κ3) is 4.95. The monoisotopic (exact) mass is 396 g/mol. The van der Waals surface area contributed by atoms with E-state index >= 15 is 0 Å². The van der Waals surface area contributed by atoms with E-state index in [0.29, 0.717) is 25.2 Å². The zero-order valence-electron chi connectivity index (χ0n) is 13.5. The standard InChI is InChI=1S/C16H21BrN4O3/c1-10-7-12(17)4-5-13(10)20-14(22)8-19-15(23)11-3-2-6-21(9-11)16(18)24/h4-5,7,11H,2-3,6,8-9H2,1H3,(H2,18,24)(H,19,23)(H,20,22)/t11-/m0/s1. The molecule has 0 bridgehead atoms. The predicted molar refractivity (Wildman–Crippen MR) is 94.4 cm³/mol. The highest BCUT2D eigenvalue weighted by molar-refractivity contribution is 9.10. The van der Waals surface area contributed by atoms with E-state index in [1.165, 1.54) is 4.90 Å². The molecule has 1 saturated heterocycles. The molecule has 0 radical (unpaired) electrons. The molecule has 2 rings (SSSR count). The van der Waals surface area contributed by atoms with Gasteiger partial charge in [-0.1, -0.05) is 15.9 Å². The lowest BCUT2D eigenvalue weighted by atomic mass is 9.97. The third-order valence-corrected chi connectivity index (χ3v) is 4.48. The first-order chi connectivity index (χ1) is 11.4. The Morgan fingerprint density at radius 1 is 1.38 bits per heavy atom. The predicted octanol–water partition coefficient (Wildman–Crippen LogP) is 1.60. The second kappa shape index (κ2) is 8.14. The topological polar surface area (TPSA) is 105 Å². The second-order valence-electron chi connectivity index (χ2n) is 5.85. The molecule has 24 heavy (non-hydrogen) atoms. The van der Waals surface area contributed by atoms with E-state index in [-0.39, 0.29) is 24.3 Å². The molecule has 1 aliphatic heterocycles. The third-order valence-electron chi connectivity index (χ3n) is 3.99. The van der Waals surface area contributed by atoms with Gasteiger partial charge in [0, 0.05) is 23.2 Å². The average Bonchev–Trinajstić information content (AvgIpc) is 2.55. The van der Waals surface area contributed by atoms with E-state index in [0.717, 1.165) is 16.5 Å². The molecule has 4 N–H and O–H groups in total. The van der Waals surface area contributed by atoms with Crippen molar-refractivity contribution < 1.29 is 14.4 Å². The molecular formula is C16H21BrN4O3. The van der Waals surface area contributed by atoms with Gasteiger partial charge in [0.25, 0.3) is 0 Å². The zero-order chi connectivity index (χ0) is 17.7. The van der Waals surface area contributed by atoms with Crippen molar-refractivity contribution in [2.45, 2.75) is 19.8 Å². The summed E-state index contributed by atoms with van der Waals surface area (Å²) in [5.41, 5.74) is 6.88. The van der Waals surface area contributed by atoms with E-state index in [1.54, 1.807) is 6.07 Å². The van der Waals surface area contributed by atoms with Crippen LogP contribution in [0.1, 0.15) is 18.4 Å². The summed E-state index contributed by atoms with van der Waals surface area (Å²) in [6.07, 6.45) is 1.41. The van der Waals surface area contributed by atoms with Crippen LogP contribution in [0.25, 0.3) is 0 Å². The zero-order valence-corrected chi connectivity index (χ0v) is 15.1. The minimum Gasteiger partial charge on any atom is -0.351 e. The molecule has 1 aromatic carbocycles. The van der Waals surface area contributed by atoms with Crippen LogP contribution in [0.4, 0.5) is 10.5 Å². The van der Waals surface area contributed by atoms with Crippen molar-refractivity contribution in [3.63, 3.8) is 0 Å². The molecule has 1 fully saturated rings. The van der Waals surface area contributed by atoms with Gasteiger partial charge in [-0.3, -0.25) is 9.59 Å². The number of halogens is 1. The first-order valence-electron chi connectivity index (χ1n) is 7.75. The number of nitrogens with zero attached hydrogens (tertiary/aromatic N) is 1. The van der Waals surface area contributed by atoms with Crippen LogP contribution < -0.4 is 16.4 Å². The molecule has 7 nitrogen and oxygen atoms in total. The Labute approximate surface area is 149 Å². The second-order valence-corrected chi connectivity index (χ2v) is 6.76. The van der Waals surface area contributed by atoms with Gasteiger partial charge in [0.15, 0.2) is 0 Å². The number of benzene rings is 1. The number of anilines is 1. The van der Waals surface area contributed by atoms with Crippen LogP contribution in [-0.4, -0.2) is 42.4 Å². The molecule has 0 aliphatic carbocycles. The first-order valence-corrected chi connectivity index (χ1v) is 8.54. The molecule has 1 heterocycles. The molecule has 0 saturated carbocycles. The average molecular weight is 397 g/mol. The van der Waals surface area contributed by atoms with Crippen molar-refractivity contribution in [1.29, 1.82) is 0 Å². The fourth-order valence-corrected chi connectivity index (χ4v) is 3.14. The quantitative estimate of drug-likeness (QED) is 0.719. The number of primary amides is 1. The Kier molecular flexibility index (Phi) is 6.19. The summed E-state index contributed by atoms with van der Waals surface area (Å²) >= 11 is 3.36. The van der Waals surface area contributed by atoms with Gasteiger partial charge in [0.1, 0.15) is 0 Å². The number of carbonyl (C=O) groups is 3. The highest BCUT2D eigenvalue weighted by atomic mass is 79.9. The van der Waals surface area contributed by atoms with Crippen LogP contribution >= 0.6 is 15.9 Å². The van der Waals surface area contributed by atoms with Crippen molar-refractivity contribution in [2.24, 2.45) is 11.7 Å². The summed E-state index contributed by atoms with van der Waals surface area (Å²) in [6, 6.07) is 5.01. The fraction of sp³-hybridized carbons (Fsp3) is 0.438. The largest absolute Gasteiger partial charge is 0.351 e. The number of rotatable bonds is 4. The van der Waals surface area contributed by atoms with Crippen LogP contribution in [-0.2, 0) is 9.59 Å². The Balaban J connectivity index is 1.82. The number of aryl methyl sites for hydroxylation is 1. The SMILES string of the molecule is Cc1cc(Br)ccc1NC(=O)CNC(=O)[C@H]1CCCN(C(N)=O)C1. The maximum absolute atomic E-state index is 12.2. The number of nitrogens with one attached hydrogen (secondary N) is 2. The minimum atomic E-state index is -0.518. The van der Waals surface area contributed by atoms with Crippen molar-refractivity contribution >= 4 is 39.5 Å². The highest BCUT2D eigenvalue weighted by Gasteiger charge is 2.27. The maximum atomic E-state index is 12.2. The van der Waals surface area contributed by atoms with Gasteiger partial charge in [-0.25, -0.2) is 4.79 Å². The lowest BCUT2D eigenvalue weighted by Crippen LogP contribution is -2.48. The van der Waals surface area contributed by atoms with E-state index < -0.39 is 6.03 Å². The van der Waals surface area contributed by atoms with E-state index in [9.17, 15) is 14.4 Å². The normalized spacial score (nSPS) is 17.2. The molecule has 130 valence electrons. The van der Waals surface area contributed by atoms with Gasteiger partial charge in [-0.15, -0.1) is 0 Å². The van der Waals surface area contributed by atoms with E-state index in [1.807, 2.05) is 19.1 Å². The number of carbonyl (C=O) groups excluding carboxylic acids is 3. The Hall–Kier alpha value is -2.09. The molecule has 4 amide bonds. The number of nitrogens with two attached hydrogens (primary N) is 1. The van der Waals surface area contributed by atoms with Crippen molar-refractivity contribution in [2.75, 3.05) is 25.0 Å². The highest BCUT2D eigenvalue weighted by Crippen LogP contribution is 2.20. The van der Waals surface area contributed by atoms with Crippen LogP contribution in [0.2, 0.25) is 0 Å². The molecule has 1 atom stereocenters. The lowest BCUT2D eigenvalue weighted by molar-refractivity contribution is -0.128. The summed E-state index contributed by atoms with van der Waals surface area (Å²) in [6.45, 7) is 2.65. The molecule has 1 aromatic rings. The smallest absolute Gasteiger partial charge is 0.314 e. The molecule has 1 aliphatic rings. The van der Waals surface area contributed by atoms with Crippen LogP contribution in [0, 0.1) is 12.8 Å². The number of urea groups is 1. The number of likely N-dealkylation sites (tertiary alicyclic amines) is 1. The van der Waals surface area contributed by atoms with Gasteiger partial charge in [-0.05, 0) is 43.5 Å². The van der Waals surface area contributed by atoms with E-state index in [2.05, 4.69) is 26.6 Å². The Morgan fingerprint density at radius 2 is 2.12 bits per heavy atom. The number of amides is 4. The van der Waals surface area contributed by atoms with Crippen LogP contribution in [0.5, 0.6) is 0 Å². The summed E-state index contributed by atoms with van der Waals surface area (Å²) in [5.74, 6) is -0.853. The van der Waals surface area contributed by atoms with Gasteiger partial charge in [0.2, 0.25) is 11.8 Å². The Bertz CT molecular complexity index is 650. The summed E-state index contributed by atoms with van der Waals surface area (Å²) < 4.78 is 0.933. The van der Waals surface area contributed by atoms with Gasteiger partial charge >= 0.3 is 6.03 Å². The summed E-state index contributed by atoms with van der Waals surface area (Å²) in [7, 11) is 0. The van der Waals surface area contributed by atoms with Crippen LogP contribution in [0.3, 0.4) is 0 Å². The number of piperidine rings is 1. The fourth-order valence-electron chi connectivity index (χ4n) is 2.66. The van der Waals surface area contributed by atoms with Gasteiger partial charge in [0.05, 0.1) is 12.5 Å². The summed E-state index contributed by atoms with van der Waals surface area (Å²) in [5, 5.41) is 5.39. The molecule has 0 unspecified atom stereocenters. The minimum absolute atomic E-state index is 0.110. The van der Waals surface area contributed by atoms with Crippen molar-refractivity contribution in [3.05, 3.63) is 28.2 Å². The maximum Gasteiger partial charge on any atom is 0.314 e. The van der Waals surface area contributed by atoms with Gasteiger partial charge in [-0.2, -0.15) is 0 Å². The van der Waals surface area contributed by atoms with Gasteiger partial charge < -0.3 is 21.3 Å². The first kappa shape index (κ1) is 18.3.